The number of rotatable bonds is 8. The molecule has 0 bridgehead atoms. The fraction of sp³-hybridized carbons (Fsp3) is 0.522. The Kier molecular flexibility index (Phi) is 9.37. The molecule has 0 saturated carbocycles. The van der Waals surface area contributed by atoms with E-state index in [4.69, 9.17) is 31.2 Å². The zero-order valence-electron chi connectivity index (χ0n) is 20.1. The molecule has 2 N–H and O–H groups in total. The molecule has 9 nitrogen and oxygen atoms in total. The van der Waals surface area contributed by atoms with Gasteiger partial charge in [0.2, 0.25) is 0 Å². The Hall–Kier alpha value is -2.76. The van der Waals surface area contributed by atoms with Gasteiger partial charge in [-0.1, -0.05) is 18.3 Å². The Labute approximate surface area is 203 Å². The van der Waals surface area contributed by atoms with Gasteiger partial charge in [0.1, 0.15) is 21.9 Å². The number of aliphatic hydroxyl groups excluding tert-OH is 1. The fourth-order valence-electron chi connectivity index (χ4n) is 3.42. The largest absolute Gasteiger partial charge is 0.511 e. The van der Waals surface area contributed by atoms with Gasteiger partial charge in [0.25, 0.3) is 5.91 Å². The van der Waals surface area contributed by atoms with Gasteiger partial charge in [0, 0.05) is 26.7 Å². The molecule has 2 rings (SSSR count). The van der Waals surface area contributed by atoms with Crippen LogP contribution in [0.1, 0.15) is 33.6 Å². The lowest BCUT2D eigenvalue weighted by Crippen LogP contribution is -2.49. The van der Waals surface area contributed by atoms with Crippen molar-refractivity contribution in [1.29, 1.82) is 0 Å². The van der Waals surface area contributed by atoms with E-state index in [1.807, 2.05) is 0 Å². The lowest BCUT2D eigenvalue weighted by atomic mass is 9.92. The molecular weight excluding hydrogens is 467 g/mol. The van der Waals surface area contributed by atoms with Crippen molar-refractivity contribution in [2.45, 2.75) is 45.5 Å². The second-order valence-electron chi connectivity index (χ2n) is 8.61. The number of benzene rings is 1. The average Bonchev–Trinajstić information content (AvgIpc) is 2.74. The molecule has 1 heterocycles. The second kappa shape index (κ2) is 11.6. The number of nitrogens with zero attached hydrogens (tertiary/aromatic N) is 1. The molecule has 1 aromatic rings. The van der Waals surface area contributed by atoms with Gasteiger partial charge in [0.15, 0.2) is 17.9 Å². The number of hydrogen-bond acceptors (Lipinski definition) is 8. The first-order valence-corrected chi connectivity index (χ1v) is 11.0. The quantitative estimate of drug-likeness (QED) is 0.403. The average molecular weight is 499 g/mol. The zero-order chi connectivity index (χ0) is 25.6. The number of ether oxygens (including phenoxy) is 4. The van der Waals surface area contributed by atoms with Crippen molar-refractivity contribution in [3.8, 4) is 5.75 Å². The number of methoxy groups -OCH3 is 3. The van der Waals surface area contributed by atoms with E-state index in [-0.39, 0.29) is 34.3 Å². The van der Waals surface area contributed by atoms with Crippen molar-refractivity contribution in [3.63, 3.8) is 0 Å². The number of amides is 2. The Balaban J connectivity index is 2.42. The molecule has 1 aromatic carbocycles. The van der Waals surface area contributed by atoms with Crippen LogP contribution in [0.4, 0.5) is 14.9 Å². The Morgan fingerprint density at radius 2 is 1.94 bits per heavy atom. The molecule has 0 aromatic heterocycles. The van der Waals surface area contributed by atoms with Gasteiger partial charge >= 0.3 is 6.09 Å². The topological polar surface area (TPSA) is 107 Å². The molecule has 2 amide bonds. The number of imide groups is 1. The molecule has 11 heteroatoms. The van der Waals surface area contributed by atoms with Crippen LogP contribution in [-0.4, -0.2) is 66.8 Å². The number of nitrogens with one attached hydrogen (secondary N) is 1. The van der Waals surface area contributed by atoms with Crippen LogP contribution >= 0.6 is 12.2 Å². The summed E-state index contributed by atoms with van der Waals surface area (Å²) >= 11 is 5.39. The Morgan fingerprint density at radius 1 is 1.29 bits per heavy atom. The second-order valence-corrected chi connectivity index (χ2v) is 9.01. The van der Waals surface area contributed by atoms with Gasteiger partial charge in [-0.25, -0.2) is 14.1 Å². The zero-order valence-corrected chi connectivity index (χ0v) is 21.0. The third kappa shape index (κ3) is 6.64. The van der Waals surface area contributed by atoms with Crippen LogP contribution in [0.3, 0.4) is 0 Å². The number of thiocarbonyl (C=S) groups is 1. The van der Waals surface area contributed by atoms with Gasteiger partial charge in [-0.3, -0.25) is 4.79 Å². The molecule has 188 valence electrons. The highest BCUT2D eigenvalue weighted by Gasteiger charge is 2.41. The van der Waals surface area contributed by atoms with Crippen molar-refractivity contribution >= 4 is 34.9 Å². The minimum atomic E-state index is -0.867. The van der Waals surface area contributed by atoms with Crippen molar-refractivity contribution in [2.24, 2.45) is 5.92 Å². The minimum absolute atomic E-state index is 0.114. The standard InChI is InChI=1S/C23H31FN2O7S/c1-23(2,3)33-22(29)26-12-13(10-11-16(30-4)31-5)18(27)17(21(26)28)20(34)25-15-9-7-8-14(24)19(15)32-6/h7-9,13,16,27H,10-12H2,1-6H3,(H,25,34). The molecule has 34 heavy (non-hydrogen) atoms. The van der Waals surface area contributed by atoms with Crippen molar-refractivity contribution in [2.75, 3.05) is 33.2 Å². The summed E-state index contributed by atoms with van der Waals surface area (Å²) < 4.78 is 34.9. The highest BCUT2D eigenvalue weighted by molar-refractivity contribution is 7.81. The molecule has 1 unspecified atom stereocenters. The van der Waals surface area contributed by atoms with E-state index >= 15 is 0 Å². The van der Waals surface area contributed by atoms with Crippen LogP contribution in [0, 0.1) is 11.7 Å². The Morgan fingerprint density at radius 3 is 2.50 bits per heavy atom. The maximum atomic E-state index is 14.1. The maximum absolute atomic E-state index is 14.1. The van der Waals surface area contributed by atoms with E-state index in [1.54, 1.807) is 20.8 Å². The summed E-state index contributed by atoms with van der Waals surface area (Å²) in [7, 11) is 4.26. The molecule has 0 saturated heterocycles. The normalized spacial score (nSPS) is 16.6. The lowest BCUT2D eigenvalue weighted by Gasteiger charge is -2.34. The number of aliphatic hydroxyl groups is 1. The van der Waals surface area contributed by atoms with Crippen molar-refractivity contribution in [1.82, 2.24) is 4.90 Å². The maximum Gasteiger partial charge on any atom is 0.417 e. The summed E-state index contributed by atoms with van der Waals surface area (Å²) in [4.78, 5) is 26.7. The van der Waals surface area contributed by atoms with E-state index in [0.717, 1.165) is 4.90 Å². The number of carbonyl (C=O) groups excluding carboxylic acids is 2. The third-order valence-corrected chi connectivity index (χ3v) is 5.35. The fourth-order valence-corrected chi connectivity index (χ4v) is 3.72. The molecular formula is C23H31FN2O7S. The molecule has 0 fully saturated rings. The monoisotopic (exact) mass is 498 g/mol. The number of para-hydroxylation sites is 1. The first kappa shape index (κ1) is 27.5. The number of anilines is 1. The first-order valence-electron chi connectivity index (χ1n) is 10.6. The number of halogens is 1. The number of hydrogen-bond donors (Lipinski definition) is 2. The van der Waals surface area contributed by atoms with E-state index in [1.165, 1.54) is 39.5 Å². The van der Waals surface area contributed by atoms with E-state index in [2.05, 4.69) is 5.32 Å². The van der Waals surface area contributed by atoms with Crippen LogP contribution in [0.25, 0.3) is 0 Å². The van der Waals surface area contributed by atoms with Crippen LogP contribution < -0.4 is 10.1 Å². The summed E-state index contributed by atoms with van der Waals surface area (Å²) in [5, 5.41) is 13.7. The van der Waals surface area contributed by atoms with E-state index < -0.39 is 35.6 Å². The van der Waals surface area contributed by atoms with Crippen LogP contribution in [0.2, 0.25) is 0 Å². The summed E-state index contributed by atoms with van der Waals surface area (Å²) in [6.45, 7) is 4.91. The van der Waals surface area contributed by atoms with Gasteiger partial charge in [-0.15, -0.1) is 0 Å². The highest BCUT2D eigenvalue weighted by Crippen LogP contribution is 2.32. The predicted molar refractivity (Wildman–Crippen MR) is 127 cm³/mol. The van der Waals surface area contributed by atoms with E-state index in [0.29, 0.717) is 12.8 Å². The van der Waals surface area contributed by atoms with Crippen LogP contribution in [-0.2, 0) is 19.0 Å². The molecule has 0 aliphatic carbocycles. The third-order valence-electron chi connectivity index (χ3n) is 5.04. The van der Waals surface area contributed by atoms with Crippen molar-refractivity contribution in [3.05, 3.63) is 35.3 Å². The Bertz CT molecular complexity index is 957. The van der Waals surface area contributed by atoms with Gasteiger partial charge < -0.3 is 29.4 Å². The van der Waals surface area contributed by atoms with Gasteiger partial charge in [-0.05, 0) is 45.7 Å². The smallest absolute Gasteiger partial charge is 0.417 e. The summed E-state index contributed by atoms with van der Waals surface area (Å²) in [6, 6.07) is 4.15. The molecule has 1 aliphatic heterocycles. The predicted octanol–water partition coefficient (Wildman–Crippen LogP) is 4.18. The van der Waals surface area contributed by atoms with Crippen LogP contribution in [0.5, 0.6) is 5.75 Å². The first-order chi connectivity index (χ1) is 15.9. The molecule has 1 aliphatic rings. The summed E-state index contributed by atoms with van der Waals surface area (Å²) in [5.74, 6) is -2.52. The minimum Gasteiger partial charge on any atom is -0.511 e. The lowest BCUT2D eigenvalue weighted by molar-refractivity contribution is -0.128. The number of carbonyl (C=O) groups is 2. The van der Waals surface area contributed by atoms with E-state index in [9.17, 15) is 19.1 Å². The summed E-state index contributed by atoms with van der Waals surface area (Å²) in [6.07, 6.45) is -0.706. The highest BCUT2D eigenvalue weighted by atomic mass is 32.1. The SMILES string of the molecule is COc1c(F)cccc1NC(=S)C1=C(O)C(CCC(OC)OC)CN(C(=O)OC(C)(C)C)C1=O. The summed E-state index contributed by atoms with van der Waals surface area (Å²) in [5.41, 5.74) is -0.971. The molecule has 0 radical (unpaired) electrons. The molecule has 0 spiro atoms. The van der Waals surface area contributed by atoms with Crippen LogP contribution in [0.15, 0.2) is 29.5 Å². The van der Waals surface area contributed by atoms with Gasteiger partial charge in [-0.2, -0.15) is 0 Å². The van der Waals surface area contributed by atoms with Crippen molar-refractivity contribution < 1.29 is 38.0 Å². The molecule has 1 atom stereocenters. The van der Waals surface area contributed by atoms with Gasteiger partial charge in [0.05, 0.1) is 12.8 Å².